The average molecular weight is 480 g/mol. The zero-order valence-electron chi connectivity index (χ0n) is 21.0. The number of aryl methyl sites for hydroxylation is 1. The number of fused-ring (bicyclic) bond motifs is 2. The molecule has 1 atom stereocenters. The van der Waals surface area contributed by atoms with Crippen molar-refractivity contribution < 1.29 is 9.59 Å². The zero-order valence-corrected chi connectivity index (χ0v) is 21.0. The van der Waals surface area contributed by atoms with Gasteiger partial charge in [0.05, 0.1) is 0 Å². The van der Waals surface area contributed by atoms with Crippen molar-refractivity contribution in [3.63, 3.8) is 0 Å². The highest BCUT2D eigenvalue weighted by Gasteiger charge is 2.29. The van der Waals surface area contributed by atoms with Crippen LogP contribution in [-0.4, -0.2) is 34.4 Å². The van der Waals surface area contributed by atoms with Gasteiger partial charge in [-0.1, -0.05) is 66.7 Å². The monoisotopic (exact) mass is 479 g/mol. The van der Waals surface area contributed by atoms with Crippen LogP contribution in [-0.2, 0) is 17.8 Å². The molecule has 0 fully saturated rings. The maximum atomic E-state index is 13.0. The number of carbonyl (C=O) groups is 2. The SMILES string of the molecule is CC(C)n1cc(CCC(=O)NCC(CN2Cc3ccccc3C2=O)c2ccccc2)c2ccccc21. The molecular weight excluding hydrogens is 446 g/mol. The third-order valence-electron chi connectivity index (χ3n) is 7.15. The number of hydrogen-bond donors (Lipinski definition) is 1. The molecule has 36 heavy (non-hydrogen) atoms. The molecule has 1 unspecified atom stereocenters. The van der Waals surface area contributed by atoms with Crippen LogP contribution in [0.4, 0.5) is 0 Å². The Balaban J connectivity index is 1.24. The first-order chi connectivity index (χ1) is 17.5. The molecule has 0 saturated carbocycles. The van der Waals surface area contributed by atoms with E-state index in [2.05, 4.69) is 66.3 Å². The van der Waals surface area contributed by atoms with Gasteiger partial charge in [-0.3, -0.25) is 9.59 Å². The van der Waals surface area contributed by atoms with Crippen molar-refractivity contribution >= 4 is 22.7 Å². The summed E-state index contributed by atoms with van der Waals surface area (Å²) >= 11 is 0. The Morgan fingerprint density at radius 1 is 0.944 bits per heavy atom. The van der Waals surface area contributed by atoms with Gasteiger partial charge >= 0.3 is 0 Å². The van der Waals surface area contributed by atoms with E-state index in [9.17, 15) is 9.59 Å². The van der Waals surface area contributed by atoms with Crippen LogP contribution >= 0.6 is 0 Å². The molecule has 5 nitrogen and oxygen atoms in total. The molecule has 1 aliphatic rings. The second-order valence-corrected chi connectivity index (χ2v) is 9.93. The first kappa shape index (κ1) is 23.9. The molecule has 0 bridgehead atoms. The van der Waals surface area contributed by atoms with E-state index in [1.54, 1.807) is 0 Å². The third kappa shape index (κ3) is 4.92. The van der Waals surface area contributed by atoms with E-state index in [0.29, 0.717) is 38.5 Å². The predicted octanol–water partition coefficient (Wildman–Crippen LogP) is 5.71. The summed E-state index contributed by atoms with van der Waals surface area (Å²) in [6.07, 6.45) is 3.32. The standard InChI is InChI=1S/C31H33N3O2/c1-22(2)34-21-25(27-13-8-9-15-29(27)34)16-17-30(35)32-18-26(23-10-4-3-5-11-23)20-33-19-24-12-6-7-14-28(24)31(33)36/h3-15,21-22,26H,16-20H2,1-2H3,(H,32,35). The number of para-hydroxylation sites is 1. The second-order valence-electron chi connectivity index (χ2n) is 9.93. The number of nitrogens with one attached hydrogen (secondary N) is 1. The molecule has 5 rings (SSSR count). The average Bonchev–Trinajstić information content (AvgIpc) is 3.43. The van der Waals surface area contributed by atoms with Crippen molar-refractivity contribution in [1.29, 1.82) is 0 Å². The maximum absolute atomic E-state index is 13.0. The Labute approximate surface area is 212 Å². The number of nitrogens with zero attached hydrogens (tertiary/aromatic N) is 2. The van der Waals surface area contributed by atoms with Crippen LogP contribution in [0.2, 0.25) is 0 Å². The molecule has 5 heteroatoms. The van der Waals surface area contributed by atoms with Crippen molar-refractivity contribution in [2.45, 2.75) is 45.2 Å². The van der Waals surface area contributed by atoms with E-state index in [0.717, 1.165) is 16.7 Å². The molecule has 0 saturated heterocycles. The highest BCUT2D eigenvalue weighted by Crippen LogP contribution is 2.27. The molecule has 1 aliphatic heterocycles. The number of amides is 2. The van der Waals surface area contributed by atoms with E-state index in [1.165, 1.54) is 16.5 Å². The molecule has 0 radical (unpaired) electrons. The summed E-state index contributed by atoms with van der Waals surface area (Å²) in [6.45, 7) is 6.04. The smallest absolute Gasteiger partial charge is 0.254 e. The van der Waals surface area contributed by atoms with Crippen molar-refractivity contribution in [2.24, 2.45) is 0 Å². The van der Waals surface area contributed by atoms with Crippen LogP contribution in [0.5, 0.6) is 0 Å². The third-order valence-corrected chi connectivity index (χ3v) is 7.15. The van der Waals surface area contributed by atoms with Crippen LogP contribution in [0.15, 0.2) is 85.1 Å². The number of benzene rings is 3. The Kier molecular flexibility index (Phi) is 6.90. The van der Waals surface area contributed by atoms with Crippen molar-refractivity contribution in [2.75, 3.05) is 13.1 Å². The second kappa shape index (κ2) is 10.4. The Morgan fingerprint density at radius 2 is 1.67 bits per heavy atom. The predicted molar refractivity (Wildman–Crippen MR) is 144 cm³/mol. The van der Waals surface area contributed by atoms with Gasteiger partial charge in [0, 0.05) is 60.7 Å². The zero-order chi connectivity index (χ0) is 25.1. The summed E-state index contributed by atoms with van der Waals surface area (Å²) in [7, 11) is 0. The fraction of sp³-hybridized carbons (Fsp3) is 0.290. The molecule has 0 spiro atoms. The highest BCUT2D eigenvalue weighted by molar-refractivity contribution is 5.98. The number of carbonyl (C=O) groups excluding carboxylic acids is 2. The van der Waals surface area contributed by atoms with Gasteiger partial charge in [-0.15, -0.1) is 0 Å². The fourth-order valence-corrected chi connectivity index (χ4v) is 5.22. The Hall–Kier alpha value is -3.86. The molecule has 2 heterocycles. The lowest BCUT2D eigenvalue weighted by molar-refractivity contribution is -0.121. The van der Waals surface area contributed by atoms with Gasteiger partial charge in [0.1, 0.15) is 0 Å². The minimum absolute atomic E-state index is 0.0243. The van der Waals surface area contributed by atoms with Gasteiger partial charge in [-0.25, -0.2) is 0 Å². The minimum Gasteiger partial charge on any atom is -0.355 e. The number of rotatable bonds is 9. The minimum atomic E-state index is 0.0243. The van der Waals surface area contributed by atoms with Gasteiger partial charge in [-0.05, 0) is 49.1 Å². The van der Waals surface area contributed by atoms with Crippen LogP contribution in [0.25, 0.3) is 10.9 Å². The van der Waals surface area contributed by atoms with Crippen LogP contribution in [0.3, 0.4) is 0 Å². The fourth-order valence-electron chi connectivity index (χ4n) is 5.22. The van der Waals surface area contributed by atoms with E-state index >= 15 is 0 Å². The quantitative estimate of drug-likeness (QED) is 0.334. The van der Waals surface area contributed by atoms with Crippen LogP contribution in [0, 0.1) is 0 Å². The molecule has 0 aliphatic carbocycles. The summed E-state index contributed by atoms with van der Waals surface area (Å²) in [4.78, 5) is 27.8. The van der Waals surface area contributed by atoms with Gasteiger partial charge in [0.25, 0.3) is 5.91 Å². The van der Waals surface area contributed by atoms with Crippen molar-refractivity contribution in [3.05, 3.63) is 107 Å². The molecule has 2 amide bonds. The van der Waals surface area contributed by atoms with E-state index in [4.69, 9.17) is 0 Å². The van der Waals surface area contributed by atoms with E-state index in [-0.39, 0.29) is 17.7 Å². The van der Waals surface area contributed by atoms with Gasteiger partial charge in [0.15, 0.2) is 0 Å². The summed E-state index contributed by atoms with van der Waals surface area (Å²) in [6, 6.07) is 26.7. The lowest BCUT2D eigenvalue weighted by atomic mass is 9.98. The summed E-state index contributed by atoms with van der Waals surface area (Å²) < 4.78 is 2.28. The largest absolute Gasteiger partial charge is 0.355 e. The topological polar surface area (TPSA) is 54.3 Å². The first-order valence-corrected chi connectivity index (χ1v) is 12.8. The Bertz CT molecular complexity index is 1370. The molecule has 3 aromatic carbocycles. The number of aromatic nitrogens is 1. The summed E-state index contributed by atoms with van der Waals surface area (Å²) in [5.41, 5.74) is 5.40. The first-order valence-electron chi connectivity index (χ1n) is 12.8. The maximum Gasteiger partial charge on any atom is 0.254 e. The molecule has 184 valence electrons. The molecular formula is C31H33N3O2. The highest BCUT2D eigenvalue weighted by atomic mass is 16.2. The van der Waals surface area contributed by atoms with Crippen molar-refractivity contribution in [3.8, 4) is 0 Å². The Morgan fingerprint density at radius 3 is 2.44 bits per heavy atom. The van der Waals surface area contributed by atoms with E-state index in [1.807, 2.05) is 47.4 Å². The number of hydrogen-bond acceptors (Lipinski definition) is 2. The van der Waals surface area contributed by atoms with Crippen LogP contribution < -0.4 is 5.32 Å². The van der Waals surface area contributed by atoms with Gasteiger partial charge in [-0.2, -0.15) is 0 Å². The van der Waals surface area contributed by atoms with Crippen LogP contribution in [0.1, 0.15) is 59.3 Å². The normalized spacial score (nSPS) is 13.9. The lowest BCUT2D eigenvalue weighted by Crippen LogP contribution is -2.36. The summed E-state index contributed by atoms with van der Waals surface area (Å²) in [5.74, 6) is 0.129. The van der Waals surface area contributed by atoms with Gasteiger partial charge in [0.2, 0.25) is 5.91 Å². The molecule has 1 aromatic heterocycles. The summed E-state index contributed by atoms with van der Waals surface area (Å²) in [5, 5.41) is 4.37. The van der Waals surface area contributed by atoms with Crippen molar-refractivity contribution in [1.82, 2.24) is 14.8 Å². The molecule has 1 N–H and O–H groups in total. The molecule has 4 aromatic rings. The van der Waals surface area contributed by atoms with Gasteiger partial charge < -0.3 is 14.8 Å². The lowest BCUT2D eigenvalue weighted by Gasteiger charge is -2.24. The van der Waals surface area contributed by atoms with E-state index < -0.39 is 0 Å².